The van der Waals surface area contributed by atoms with Crippen molar-refractivity contribution < 1.29 is 4.79 Å². The third kappa shape index (κ3) is 2.59. The first-order valence-corrected chi connectivity index (χ1v) is 8.80. The summed E-state index contributed by atoms with van der Waals surface area (Å²) in [5, 5.41) is 5.31. The van der Waals surface area contributed by atoms with Crippen LogP contribution in [0.15, 0.2) is 29.1 Å². The molecule has 0 atom stereocenters. The van der Waals surface area contributed by atoms with Crippen molar-refractivity contribution in [3.8, 4) is 0 Å². The van der Waals surface area contributed by atoms with E-state index < -0.39 is 0 Å². The maximum Gasteiger partial charge on any atom is 0.352 e. The van der Waals surface area contributed by atoms with Crippen LogP contribution in [0, 0.1) is 0 Å². The number of rotatable bonds is 5. The molecule has 1 fully saturated rings. The van der Waals surface area contributed by atoms with E-state index in [-0.39, 0.29) is 18.1 Å². The van der Waals surface area contributed by atoms with Gasteiger partial charge in [-0.1, -0.05) is 12.1 Å². The van der Waals surface area contributed by atoms with Gasteiger partial charge in [-0.3, -0.25) is 4.79 Å². The lowest BCUT2D eigenvalue weighted by Crippen LogP contribution is -2.36. The Morgan fingerprint density at radius 1 is 1.24 bits per heavy atom. The van der Waals surface area contributed by atoms with Crippen LogP contribution in [0.3, 0.4) is 0 Å². The lowest BCUT2D eigenvalue weighted by molar-refractivity contribution is -0.131. The maximum absolute atomic E-state index is 12.9. The van der Waals surface area contributed by atoms with Crippen LogP contribution >= 0.6 is 0 Å². The topological polar surface area (TPSA) is 72.5 Å². The summed E-state index contributed by atoms with van der Waals surface area (Å²) in [4.78, 5) is 31.7. The average molecular weight is 339 g/mol. The molecular weight excluding hydrogens is 318 g/mol. The number of nitrogens with zero attached hydrogens (tertiary/aromatic N) is 5. The van der Waals surface area contributed by atoms with E-state index in [1.807, 2.05) is 38.1 Å². The Balaban J connectivity index is 1.89. The second-order valence-corrected chi connectivity index (χ2v) is 6.43. The number of carbonyl (C=O) groups is 1. The molecule has 1 saturated carbocycles. The SMILES string of the molecule is CCN(CC)C(=O)Cn1nc2c3ccccc3nc(C3CC3)n2c1=O. The van der Waals surface area contributed by atoms with Gasteiger partial charge in [-0.25, -0.2) is 18.9 Å². The van der Waals surface area contributed by atoms with Gasteiger partial charge in [0, 0.05) is 24.4 Å². The van der Waals surface area contributed by atoms with Crippen molar-refractivity contribution in [3.05, 3.63) is 40.6 Å². The molecule has 1 aliphatic carbocycles. The standard InChI is InChI=1S/C18H21N5O2/c1-3-21(4-2)15(24)11-22-18(25)23-16(12-9-10-12)19-14-8-6-5-7-13(14)17(23)20-22/h5-8,12H,3-4,9-11H2,1-2H3. The Kier molecular flexibility index (Phi) is 3.78. The summed E-state index contributed by atoms with van der Waals surface area (Å²) in [5.41, 5.74) is 1.14. The molecule has 0 saturated heterocycles. The second-order valence-electron chi connectivity index (χ2n) is 6.43. The van der Waals surface area contributed by atoms with E-state index in [9.17, 15) is 9.59 Å². The molecule has 0 radical (unpaired) electrons. The van der Waals surface area contributed by atoms with E-state index in [1.54, 1.807) is 9.30 Å². The van der Waals surface area contributed by atoms with Gasteiger partial charge in [-0.05, 0) is 38.8 Å². The molecule has 7 nitrogen and oxygen atoms in total. The predicted molar refractivity (Wildman–Crippen MR) is 94.7 cm³/mol. The summed E-state index contributed by atoms with van der Waals surface area (Å²) < 4.78 is 2.87. The first kappa shape index (κ1) is 15.8. The lowest BCUT2D eigenvalue weighted by atomic mass is 10.2. The molecule has 0 aliphatic heterocycles. The normalized spacial score (nSPS) is 14.3. The fourth-order valence-corrected chi connectivity index (χ4v) is 3.25. The minimum atomic E-state index is -0.282. The molecule has 1 amide bonds. The first-order chi connectivity index (χ1) is 12.1. The highest BCUT2D eigenvalue weighted by atomic mass is 16.2. The third-order valence-electron chi connectivity index (χ3n) is 4.79. The minimum absolute atomic E-state index is 0.0410. The lowest BCUT2D eigenvalue weighted by Gasteiger charge is -2.17. The summed E-state index contributed by atoms with van der Waals surface area (Å²) in [6, 6.07) is 7.69. The summed E-state index contributed by atoms with van der Waals surface area (Å²) in [5.74, 6) is 0.974. The number of hydrogen-bond acceptors (Lipinski definition) is 4. The maximum atomic E-state index is 12.9. The zero-order chi connectivity index (χ0) is 17.6. The van der Waals surface area contributed by atoms with E-state index in [2.05, 4.69) is 5.10 Å². The predicted octanol–water partition coefficient (Wildman–Crippen LogP) is 1.79. The van der Waals surface area contributed by atoms with E-state index in [0.29, 0.717) is 24.7 Å². The first-order valence-electron chi connectivity index (χ1n) is 8.80. The van der Waals surface area contributed by atoms with E-state index in [0.717, 1.165) is 29.6 Å². The number of para-hydroxylation sites is 1. The summed E-state index contributed by atoms with van der Waals surface area (Å²) >= 11 is 0. The van der Waals surface area contributed by atoms with Crippen LogP contribution < -0.4 is 5.69 Å². The number of hydrogen-bond donors (Lipinski definition) is 0. The number of fused-ring (bicyclic) bond motifs is 3. The molecule has 3 aromatic rings. The van der Waals surface area contributed by atoms with E-state index >= 15 is 0 Å². The van der Waals surface area contributed by atoms with Gasteiger partial charge in [0.1, 0.15) is 12.4 Å². The molecule has 1 aromatic carbocycles. The number of benzene rings is 1. The zero-order valence-corrected chi connectivity index (χ0v) is 14.5. The molecule has 130 valence electrons. The number of aromatic nitrogens is 4. The quantitative estimate of drug-likeness (QED) is 0.710. The number of amides is 1. The molecule has 25 heavy (non-hydrogen) atoms. The van der Waals surface area contributed by atoms with Gasteiger partial charge in [-0.15, -0.1) is 5.10 Å². The molecule has 7 heteroatoms. The van der Waals surface area contributed by atoms with Crippen LogP contribution in [0.5, 0.6) is 0 Å². The van der Waals surface area contributed by atoms with Crippen molar-refractivity contribution in [1.29, 1.82) is 0 Å². The Morgan fingerprint density at radius 3 is 2.64 bits per heavy atom. The van der Waals surface area contributed by atoms with Gasteiger partial charge in [0.05, 0.1) is 5.52 Å². The van der Waals surface area contributed by atoms with Gasteiger partial charge in [0.2, 0.25) is 5.91 Å². The van der Waals surface area contributed by atoms with Gasteiger partial charge >= 0.3 is 5.69 Å². The molecule has 0 bridgehead atoms. The van der Waals surface area contributed by atoms with Crippen molar-refractivity contribution >= 4 is 22.5 Å². The Morgan fingerprint density at radius 2 is 1.96 bits per heavy atom. The summed E-state index contributed by atoms with van der Waals surface area (Å²) in [6.07, 6.45) is 2.08. The van der Waals surface area contributed by atoms with Crippen molar-refractivity contribution in [2.75, 3.05) is 13.1 Å². The van der Waals surface area contributed by atoms with Crippen molar-refractivity contribution in [3.63, 3.8) is 0 Å². The van der Waals surface area contributed by atoms with Crippen LogP contribution in [0.4, 0.5) is 0 Å². The highest BCUT2D eigenvalue weighted by Gasteiger charge is 2.30. The monoisotopic (exact) mass is 339 g/mol. The van der Waals surface area contributed by atoms with Crippen LogP contribution in [-0.2, 0) is 11.3 Å². The fourth-order valence-electron chi connectivity index (χ4n) is 3.25. The third-order valence-corrected chi connectivity index (χ3v) is 4.79. The average Bonchev–Trinajstić information content (AvgIpc) is 3.41. The van der Waals surface area contributed by atoms with Crippen molar-refractivity contribution in [2.45, 2.75) is 39.2 Å². The van der Waals surface area contributed by atoms with Gasteiger partial charge in [0.15, 0.2) is 5.65 Å². The Hall–Kier alpha value is -2.70. The van der Waals surface area contributed by atoms with Gasteiger partial charge in [-0.2, -0.15) is 0 Å². The molecule has 2 aromatic heterocycles. The molecule has 0 unspecified atom stereocenters. The largest absolute Gasteiger partial charge is 0.352 e. The van der Waals surface area contributed by atoms with E-state index in [4.69, 9.17) is 4.98 Å². The molecule has 0 spiro atoms. The highest BCUT2D eigenvalue weighted by molar-refractivity contribution is 5.91. The van der Waals surface area contributed by atoms with E-state index in [1.165, 1.54) is 4.68 Å². The Bertz CT molecular complexity index is 1010. The van der Waals surface area contributed by atoms with Crippen LogP contribution in [0.25, 0.3) is 16.6 Å². The minimum Gasteiger partial charge on any atom is -0.342 e. The van der Waals surface area contributed by atoms with Gasteiger partial charge in [0.25, 0.3) is 0 Å². The van der Waals surface area contributed by atoms with Crippen molar-refractivity contribution in [1.82, 2.24) is 24.1 Å². The molecule has 1 aliphatic rings. The van der Waals surface area contributed by atoms with Crippen LogP contribution in [-0.4, -0.2) is 43.1 Å². The molecule has 4 rings (SSSR count). The highest BCUT2D eigenvalue weighted by Crippen LogP contribution is 2.39. The number of carbonyl (C=O) groups excluding carboxylic acids is 1. The zero-order valence-electron chi connectivity index (χ0n) is 14.5. The molecule has 0 N–H and O–H groups in total. The molecular formula is C18H21N5O2. The van der Waals surface area contributed by atoms with Crippen LogP contribution in [0.2, 0.25) is 0 Å². The second kappa shape index (κ2) is 5.98. The fraction of sp³-hybridized carbons (Fsp3) is 0.444. The smallest absolute Gasteiger partial charge is 0.342 e. The van der Waals surface area contributed by atoms with Gasteiger partial charge < -0.3 is 4.90 Å². The summed E-state index contributed by atoms with van der Waals surface area (Å²) in [7, 11) is 0. The van der Waals surface area contributed by atoms with Crippen molar-refractivity contribution in [2.24, 2.45) is 0 Å². The Labute approximate surface area is 144 Å². The van der Waals surface area contributed by atoms with Crippen LogP contribution in [0.1, 0.15) is 38.4 Å². The summed E-state index contributed by atoms with van der Waals surface area (Å²) in [6.45, 7) is 5.05. The molecule has 2 heterocycles. The number of likely N-dealkylation sites (N-methyl/N-ethyl adjacent to an activating group) is 1.